The van der Waals surface area contributed by atoms with E-state index in [1.807, 2.05) is 12.2 Å². The van der Waals surface area contributed by atoms with Crippen LogP contribution in [0.3, 0.4) is 0 Å². The zero-order chi connectivity index (χ0) is 23.9. The fourth-order valence-electron chi connectivity index (χ4n) is 4.75. The first-order valence-electron chi connectivity index (χ1n) is 11.5. The van der Waals surface area contributed by atoms with Crippen molar-refractivity contribution in [1.82, 2.24) is 24.7 Å². The number of ether oxygens (including phenoxy) is 1. The van der Waals surface area contributed by atoms with Crippen LogP contribution in [0.5, 0.6) is 0 Å². The number of imidazole rings is 1. The Morgan fingerprint density at radius 3 is 3.03 bits per heavy atom. The second-order valence-corrected chi connectivity index (χ2v) is 8.94. The van der Waals surface area contributed by atoms with Crippen LogP contribution in [-0.4, -0.2) is 24.7 Å². The second-order valence-electron chi connectivity index (χ2n) is 8.54. The van der Waals surface area contributed by atoms with Gasteiger partial charge in [0.15, 0.2) is 11.5 Å². The van der Waals surface area contributed by atoms with Crippen molar-refractivity contribution >= 4 is 34.4 Å². The number of benzene rings is 1. The molecule has 0 saturated carbocycles. The number of H-pyrrole nitrogens is 1. The van der Waals surface area contributed by atoms with Gasteiger partial charge in [-0.05, 0) is 59.4 Å². The minimum atomic E-state index is -0.581. The quantitative estimate of drug-likeness (QED) is 0.432. The highest BCUT2D eigenvalue weighted by molar-refractivity contribution is 6.34. The Kier molecular flexibility index (Phi) is 5.37. The minimum absolute atomic E-state index is 0.378. The van der Waals surface area contributed by atoms with Gasteiger partial charge in [0, 0.05) is 18.2 Å². The Morgan fingerprint density at radius 1 is 1.29 bits per heavy atom. The highest BCUT2D eigenvalue weighted by atomic mass is 35.5. The monoisotopic (exact) mass is 487 g/mol. The van der Waals surface area contributed by atoms with Gasteiger partial charge in [-0.2, -0.15) is 0 Å². The second kappa shape index (κ2) is 8.70. The lowest BCUT2D eigenvalue weighted by molar-refractivity contribution is 0.208. The molecule has 0 radical (unpaired) electrons. The molecule has 1 aliphatic carbocycles. The molecule has 1 aliphatic heterocycles. The number of nitrogens with one attached hydrogen (secondary N) is 1. The van der Waals surface area contributed by atoms with E-state index in [2.05, 4.69) is 50.9 Å². The number of aromatic nitrogens is 5. The van der Waals surface area contributed by atoms with E-state index >= 15 is 0 Å². The van der Waals surface area contributed by atoms with Crippen LogP contribution in [0.2, 0.25) is 5.02 Å². The molecule has 0 unspecified atom stereocenters. The first kappa shape index (κ1) is 21.6. The number of pyridine rings is 1. The first-order chi connectivity index (χ1) is 17.1. The summed E-state index contributed by atoms with van der Waals surface area (Å²) in [6.07, 6.45) is 10.2. The number of nitrogens with zero attached hydrogens (tertiary/aromatic N) is 4. The number of hydrogen-bond acceptors (Lipinski definition) is 6. The Hall–Kier alpha value is -3.91. The Balaban J connectivity index is 1.44. The van der Waals surface area contributed by atoms with Crippen LogP contribution in [-0.2, 0) is 24.3 Å². The number of aromatic amines is 1. The summed E-state index contributed by atoms with van der Waals surface area (Å²) in [5.41, 5.74) is 6.77. The average Bonchev–Trinajstić information content (AvgIpc) is 3.41. The van der Waals surface area contributed by atoms with Gasteiger partial charge in [0.2, 0.25) is 0 Å². The van der Waals surface area contributed by atoms with Crippen LogP contribution in [0.1, 0.15) is 48.1 Å². The largest absolute Gasteiger partial charge is 0.489 e. The van der Waals surface area contributed by atoms with Gasteiger partial charge >= 0.3 is 5.76 Å². The van der Waals surface area contributed by atoms with Gasteiger partial charge in [0.25, 0.3) is 0 Å². The smallest absolute Gasteiger partial charge is 0.439 e. The Bertz CT molecular complexity index is 1600. The van der Waals surface area contributed by atoms with Gasteiger partial charge in [-0.15, -0.1) is 0 Å². The number of rotatable bonds is 4. The maximum absolute atomic E-state index is 11.5. The molecule has 0 bridgehead atoms. The molecule has 4 heterocycles. The van der Waals surface area contributed by atoms with Crippen molar-refractivity contribution in [3.63, 3.8) is 0 Å². The Morgan fingerprint density at radius 2 is 2.20 bits per heavy atom. The summed E-state index contributed by atoms with van der Waals surface area (Å²) in [5.74, 6) is 1.58. The van der Waals surface area contributed by atoms with Crippen molar-refractivity contribution in [3.8, 4) is 0 Å². The fraction of sp³-hybridized carbons (Fsp3) is 0.231. The molecule has 2 aliphatic rings. The van der Waals surface area contributed by atoms with Crippen molar-refractivity contribution in [1.29, 1.82) is 0 Å². The zero-order valence-electron chi connectivity index (χ0n) is 19.0. The summed E-state index contributed by atoms with van der Waals surface area (Å²) >= 11 is 6.38. The van der Waals surface area contributed by atoms with Crippen LogP contribution < -0.4 is 5.76 Å². The number of fused-ring (bicyclic) bond motifs is 2. The molecule has 1 aromatic carbocycles. The van der Waals surface area contributed by atoms with Crippen LogP contribution >= 0.6 is 11.6 Å². The predicted octanol–water partition coefficient (Wildman–Crippen LogP) is 5.05. The zero-order valence-corrected chi connectivity index (χ0v) is 19.8. The summed E-state index contributed by atoms with van der Waals surface area (Å²) in [4.78, 5) is 23.4. The molecule has 0 saturated heterocycles. The predicted molar refractivity (Wildman–Crippen MR) is 133 cm³/mol. The summed E-state index contributed by atoms with van der Waals surface area (Å²) in [5, 5.41) is 4.45. The Labute approximate surface area is 205 Å². The number of aryl methyl sites for hydroxylation is 1. The molecule has 0 amide bonds. The SMILES string of the molecule is CCc1nc2c(Cl)ccnc2n1Cc1ccc2c(c1)COC1=C(CCC=C1)/C2=C\c1noc(=O)[nH]1. The third-order valence-corrected chi connectivity index (χ3v) is 6.66. The molecule has 8 nitrogen and oxygen atoms in total. The van der Waals surface area contributed by atoms with Gasteiger partial charge in [0.05, 0.1) is 11.6 Å². The molecular formula is C26H22ClN5O3. The summed E-state index contributed by atoms with van der Waals surface area (Å²) in [6, 6.07) is 8.14. The first-order valence-corrected chi connectivity index (χ1v) is 11.9. The number of hydrogen-bond donors (Lipinski definition) is 1. The molecule has 176 valence electrons. The van der Waals surface area contributed by atoms with Gasteiger partial charge < -0.3 is 9.30 Å². The minimum Gasteiger partial charge on any atom is -0.489 e. The highest BCUT2D eigenvalue weighted by Gasteiger charge is 2.23. The molecule has 0 atom stereocenters. The molecule has 6 rings (SSSR count). The highest BCUT2D eigenvalue weighted by Crippen LogP contribution is 2.39. The van der Waals surface area contributed by atoms with Crippen LogP contribution in [0.25, 0.3) is 22.8 Å². The van der Waals surface area contributed by atoms with Crippen LogP contribution in [0.15, 0.2) is 63.3 Å². The van der Waals surface area contributed by atoms with Crippen LogP contribution in [0.4, 0.5) is 0 Å². The maximum atomic E-state index is 11.5. The van der Waals surface area contributed by atoms with Gasteiger partial charge in [0.1, 0.15) is 23.7 Å². The summed E-state index contributed by atoms with van der Waals surface area (Å²) in [7, 11) is 0. The molecule has 9 heteroatoms. The van der Waals surface area contributed by atoms with Gasteiger partial charge in [-0.3, -0.25) is 9.51 Å². The van der Waals surface area contributed by atoms with Crippen LogP contribution in [0, 0.1) is 0 Å². The molecule has 1 N–H and O–H groups in total. The van der Waals surface area contributed by atoms with E-state index in [0.29, 0.717) is 24.0 Å². The molecular weight excluding hydrogens is 466 g/mol. The van der Waals surface area contributed by atoms with Crippen molar-refractivity contribution in [2.45, 2.75) is 39.3 Å². The van der Waals surface area contributed by atoms with E-state index in [9.17, 15) is 4.79 Å². The van der Waals surface area contributed by atoms with Crippen molar-refractivity contribution in [2.75, 3.05) is 0 Å². The molecule has 4 aromatic rings. The third-order valence-electron chi connectivity index (χ3n) is 6.35. The molecule has 0 spiro atoms. The average molecular weight is 488 g/mol. The van der Waals surface area contributed by atoms with Gasteiger partial charge in [-0.1, -0.05) is 41.9 Å². The lowest BCUT2D eigenvalue weighted by atomic mass is 9.88. The summed E-state index contributed by atoms with van der Waals surface area (Å²) in [6.45, 7) is 3.13. The van der Waals surface area contributed by atoms with E-state index in [1.165, 1.54) is 0 Å². The maximum Gasteiger partial charge on any atom is 0.439 e. The van der Waals surface area contributed by atoms with E-state index in [-0.39, 0.29) is 0 Å². The topological polar surface area (TPSA) is 98.8 Å². The molecule has 35 heavy (non-hydrogen) atoms. The number of halogens is 1. The van der Waals surface area contributed by atoms with E-state index in [4.69, 9.17) is 25.8 Å². The van der Waals surface area contributed by atoms with Crippen molar-refractivity contribution < 1.29 is 9.26 Å². The lowest BCUT2D eigenvalue weighted by Crippen LogP contribution is -2.06. The normalized spacial score (nSPS) is 16.3. The number of allylic oxidation sites excluding steroid dienone is 4. The summed E-state index contributed by atoms with van der Waals surface area (Å²) < 4.78 is 13.0. The van der Waals surface area contributed by atoms with E-state index in [0.717, 1.165) is 69.8 Å². The third kappa shape index (κ3) is 3.89. The fourth-order valence-corrected chi connectivity index (χ4v) is 4.93. The van der Waals surface area contributed by atoms with Gasteiger partial charge in [-0.25, -0.2) is 14.8 Å². The lowest BCUT2D eigenvalue weighted by Gasteiger charge is -2.16. The standard InChI is InChI=1S/C26H22ClN5O3/c1-2-23-30-24-20(27)9-10-28-25(24)32(23)13-15-7-8-17-16(11-15)14-34-21-6-4-3-5-18(21)19(17)12-22-29-26(33)35-31-22/h4,6-12H,2-3,5,13-14H2,1H3,(H,29,31,33)/b19-12-. The van der Waals surface area contributed by atoms with Crippen molar-refractivity contribution in [3.05, 3.63) is 97.9 Å². The van der Waals surface area contributed by atoms with E-state index in [1.54, 1.807) is 12.3 Å². The molecule has 0 fully saturated rings. The van der Waals surface area contributed by atoms with Crippen molar-refractivity contribution in [2.24, 2.45) is 0 Å². The van der Waals surface area contributed by atoms with E-state index < -0.39 is 5.76 Å². The molecule has 3 aromatic heterocycles.